The van der Waals surface area contributed by atoms with Crippen LogP contribution in [0.3, 0.4) is 0 Å². The maximum atomic E-state index is 12.5. The molecule has 0 saturated heterocycles. The van der Waals surface area contributed by atoms with E-state index in [0.717, 1.165) is 34.2 Å². The lowest BCUT2D eigenvalue weighted by molar-refractivity contribution is -0.127. The predicted molar refractivity (Wildman–Crippen MR) is 100 cm³/mol. The normalized spacial score (nSPS) is 13.4. The molecule has 1 aliphatic carbocycles. The third-order valence-corrected chi connectivity index (χ3v) is 6.59. The summed E-state index contributed by atoms with van der Waals surface area (Å²) in [5, 5.41) is 2.10. The zero-order valence-electron chi connectivity index (χ0n) is 14.2. The molecule has 0 N–H and O–H groups in total. The molecule has 0 fully saturated rings. The average molecular weight is 374 g/mol. The Hall–Kier alpha value is -1.86. The third-order valence-electron chi connectivity index (χ3n) is 4.41. The van der Waals surface area contributed by atoms with Crippen LogP contribution in [0.25, 0.3) is 10.2 Å². The molecule has 1 amide bonds. The van der Waals surface area contributed by atoms with Crippen LogP contribution in [-0.4, -0.2) is 33.6 Å². The number of nitrogens with zero attached hydrogens (tertiary/aromatic N) is 3. The number of rotatable bonds is 5. The summed E-state index contributed by atoms with van der Waals surface area (Å²) in [7, 11) is 1.80. The van der Waals surface area contributed by atoms with E-state index in [1.807, 2.05) is 19.1 Å². The maximum Gasteiger partial charge on any atom is 0.233 e. The molecule has 1 aliphatic rings. The van der Waals surface area contributed by atoms with Crippen molar-refractivity contribution >= 4 is 39.2 Å². The minimum atomic E-state index is 0.0673. The zero-order valence-corrected chi connectivity index (χ0v) is 15.9. The van der Waals surface area contributed by atoms with Gasteiger partial charge in [-0.2, -0.15) is 0 Å². The Balaban J connectivity index is 1.46. The summed E-state index contributed by atoms with van der Waals surface area (Å²) in [5.41, 5.74) is 1.40. The van der Waals surface area contributed by atoms with Crippen molar-refractivity contribution < 1.29 is 9.21 Å². The summed E-state index contributed by atoms with van der Waals surface area (Å²) in [6.45, 7) is 2.39. The largest absolute Gasteiger partial charge is 0.464 e. The number of furan rings is 1. The Bertz CT molecular complexity index is 932. The van der Waals surface area contributed by atoms with Crippen molar-refractivity contribution in [1.82, 2.24) is 14.9 Å². The van der Waals surface area contributed by atoms with Crippen LogP contribution in [0, 0.1) is 6.92 Å². The smallest absolute Gasteiger partial charge is 0.233 e. The van der Waals surface area contributed by atoms with Crippen LogP contribution in [0.5, 0.6) is 0 Å². The van der Waals surface area contributed by atoms with E-state index < -0.39 is 0 Å². The van der Waals surface area contributed by atoms with Crippen molar-refractivity contribution in [2.45, 2.75) is 37.8 Å². The molecule has 0 bridgehead atoms. The highest BCUT2D eigenvalue weighted by molar-refractivity contribution is 8.00. The lowest BCUT2D eigenvalue weighted by Gasteiger charge is -2.15. The van der Waals surface area contributed by atoms with Crippen molar-refractivity contribution in [3.63, 3.8) is 0 Å². The van der Waals surface area contributed by atoms with E-state index in [4.69, 9.17) is 4.42 Å². The molecule has 7 heteroatoms. The van der Waals surface area contributed by atoms with E-state index in [9.17, 15) is 4.79 Å². The van der Waals surface area contributed by atoms with Crippen molar-refractivity contribution in [3.8, 4) is 0 Å². The van der Waals surface area contributed by atoms with Gasteiger partial charge < -0.3 is 9.32 Å². The van der Waals surface area contributed by atoms with Crippen molar-refractivity contribution in [2.24, 2.45) is 0 Å². The number of fused-ring (bicyclic) bond motifs is 3. The summed E-state index contributed by atoms with van der Waals surface area (Å²) >= 11 is 3.28. The van der Waals surface area contributed by atoms with Gasteiger partial charge in [-0.15, -0.1) is 11.3 Å². The predicted octanol–water partition coefficient (Wildman–Crippen LogP) is 3.83. The molecule has 0 aliphatic heterocycles. The van der Waals surface area contributed by atoms with Gasteiger partial charge >= 0.3 is 0 Å². The molecule has 0 atom stereocenters. The van der Waals surface area contributed by atoms with Gasteiger partial charge in [0.1, 0.15) is 27.7 Å². The third kappa shape index (κ3) is 3.30. The second kappa shape index (κ2) is 6.80. The Labute approximate surface area is 154 Å². The summed E-state index contributed by atoms with van der Waals surface area (Å²) in [6.07, 6.45) is 5.06. The number of amides is 1. The molecular weight excluding hydrogens is 354 g/mol. The fourth-order valence-corrected chi connectivity index (χ4v) is 5.40. The molecule has 0 spiro atoms. The molecule has 4 rings (SSSR count). The van der Waals surface area contributed by atoms with Gasteiger partial charge in [0.15, 0.2) is 0 Å². The van der Waals surface area contributed by atoms with E-state index in [1.54, 1.807) is 29.6 Å². The van der Waals surface area contributed by atoms with Crippen LogP contribution < -0.4 is 0 Å². The van der Waals surface area contributed by atoms with E-state index in [-0.39, 0.29) is 5.91 Å². The van der Waals surface area contributed by atoms with E-state index in [0.29, 0.717) is 12.3 Å². The Morgan fingerprint density at radius 1 is 1.36 bits per heavy atom. The van der Waals surface area contributed by atoms with Gasteiger partial charge in [0, 0.05) is 17.3 Å². The lowest BCUT2D eigenvalue weighted by Crippen LogP contribution is -2.27. The number of aryl methyl sites for hydroxylation is 3. The molecule has 3 aromatic rings. The molecule has 130 valence electrons. The molecule has 5 nitrogen and oxygen atoms in total. The highest BCUT2D eigenvalue weighted by Gasteiger charge is 2.22. The zero-order chi connectivity index (χ0) is 17.4. The summed E-state index contributed by atoms with van der Waals surface area (Å²) in [5.74, 6) is 2.10. The van der Waals surface area contributed by atoms with Gasteiger partial charge in [0.25, 0.3) is 0 Å². The van der Waals surface area contributed by atoms with Crippen LogP contribution in [0.4, 0.5) is 0 Å². The maximum absolute atomic E-state index is 12.5. The van der Waals surface area contributed by atoms with Gasteiger partial charge in [-0.1, -0.05) is 11.8 Å². The van der Waals surface area contributed by atoms with Crippen LogP contribution >= 0.6 is 23.1 Å². The molecular formula is C18H19N3O2S2. The summed E-state index contributed by atoms with van der Waals surface area (Å²) in [6, 6.07) is 3.83. The molecule has 3 heterocycles. The quantitative estimate of drug-likeness (QED) is 0.502. The Kier molecular flexibility index (Phi) is 4.52. The monoisotopic (exact) mass is 373 g/mol. The lowest BCUT2D eigenvalue weighted by atomic mass is 10.2. The van der Waals surface area contributed by atoms with Crippen LogP contribution in [-0.2, 0) is 24.2 Å². The van der Waals surface area contributed by atoms with Crippen molar-refractivity contribution in [1.29, 1.82) is 0 Å². The minimum absolute atomic E-state index is 0.0673. The first-order valence-electron chi connectivity index (χ1n) is 8.29. The topological polar surface area (TPSA) is 59.2 Å². The van der Waals surface area contributed by atoms with E-state index in [1.165, 1.54) is 34.0 Å². The first-order valence-corrected chi connectivity index (χ1v) is 10.1. The highest BCUT2D eigenvalue weighted by Crippen LogP contribution is 2.40. The SMILES string of the molecule is Cc1ccc(CN(C)C(=O)CSc2ncnc3sc4c(c23)CCC4)o1. The second-order valence-corrected chi connectivity index (χ2v) is 8.31. The number of hydrogen-bond donors (Lipinski definition) is 0. The van der Waals surface area contributed by atoms with Crippen LogP contribution in [0.15, 0.2) is 27.9 Å². The van der Waals surface area contributed by atoms with Crippen LogP contribution in [0.2, 0.25) is 0 Å². The number of carbonyl (C=O) groups is 1. The first kappa shape index (κ1) is 16.6. The van der Waals surface area contributed by atoms with E-state index in [2.05, 4.69) is 9.97 Å². The Morgan fingerprint density at radius 2 is 2.24 bits per heavy atom. The van der Waals surface area contributed by atoms with Crippen LogP contribution in [0.1, 0.15) is 28.4 Å². The van der Waals surface area contributed by atoms with Crippen molar-refractivity contribution in [3.05, 3.63) is 40.4 Å². The molecule has 25 heavy (non-hydrogen) atoms. The number of carbonyl (C=O) groups excluding carboxylic acids is 1. The Morgan fingerprint density at radius 3 is 3.04 bits per heavy atom. The highest BCUT2D eigenvalue weighted by atomic mass is 32.2. The van der Waals surface area contributed by atoms with Gasteiger partial charge in [0.05, 0.1) is 12.3 Å². The summed E-state index contributed by atoms with van der Waals surface area (Å²) < 4.78 is 5.54. The fourth-order valence-electron chi connectivity index (χ4n) is 3.14. The molecule has 0 unspecified atom stereocenters. The minimum Gasteiger partial charge on any atom is -0.464 e. The molecule has 0 radical (unpaired) electrons. The average Bonchev–Trinajstić information content (AvgIpc) is 3.28. The van der Waals surface area contributed by atoms with Gasteiger partial charge in [-0.25, -0.2) is 9.97 Å². The number of hydrogen-bond acceptors (Lipinski definition) is 6. The van der Waals surface area contributed by atoms with Gasteiger partial charge in [0.2, 0.25) is 5.91 Å². The molecule has 3 aromatic heterocycles. The van der Waals surface area contributed by atoms with E-state index >= 15 is 0 Å². The van der Waals surface area contributed by atoms with Gasteiger partial charge in [-0.05, 0) is 43.9 Å². The van der Waals surface area contributed by atoms with Gasteiger partial charge in [-0.3, -0.25) is 4.79 Å². The van der Waals surface area contributed by atoms with Crippen molar-refractivity contribution in [2.75, 3.05) is 12.8 Å². The number of aromatic nitrogens is 2. The molecule has 0 saturated carbocycles. The number of thioether (sulfide) groups is 1. The fraction of sp³-hybridized carbons (Fsp3) is 0.389. The first-order chi connectivity index (χ1) is 12.1. The second-order valence-electron chi connectivity index (χ2n) is 6.27. The standard InChI is InChI=1S/C18H19N3O2S2/c1-11-6-7-12(23-11)8-21(2)15(22)9-24-17-16-13-4-3-5-14(13)25-18(16)20-10-19-17/h6-7,10H,3-5,8-9H2,1-2H3. The summed E-state index contributed by atoms with van der Waals surface area (Å²) in [4.78, 5) is 25.5. The number of thiophene rings is 1. The molecule has 0 aromatic carbocycles.